The topological polar surface area (TPSA) is 59.7 Å². The third-order valence-electron chi connectivity index (χ3n) is 5.77. The molecule has 0 spiro atoms. The van der Waals surface area contributed by atoms with Gasteiger partial charge >= 0.3 is 5.63 Å². The van der Waals surface area contributed by atoms with E-state index in [2.05, 4.69) is 31.2 Å². The summed E-state index contributed by atoms with van der Waals surface area (Å²) < 4.78 is 11.4. The maximum atomic E-state index is 12.7. The fraction of sp³-hybridized carbons (Fsp3) is 0.414. The van der Waals surface area contributed by atoms with Gasteiger partial charge in [-0.25, -0.2) is 4.79 Å². The molecule has 0 aliphatic carbocycles. The Morgan fingerprint density at radius 2 is 1.70 bits per heavy atom. The molecule has 2 aromatic carbocycles. The number of fused-ring (bicyclic) bond motifs is 1. The average molecular weight is 449 g/mol. The summed E-state index contributed by atoms with van der Waals surface area (Å²) >= 11 is 0. The average Bonchev–Trinajstić information content (AvgIpc) is 2.83. The summed E-state index contributed by atoms with van der Waals surface area (Å²) in [6.07, 6.45) is 13.9. The molecule has 0 aliphatic rings. The zero-order valence-corrected chi connectivity index (χ0v) is 19.7. The summed E-state index contributed by atoms with van der Waals surface area (Å²) in [5, 5.41) is 9.65. The van der Waals surface area contributed by atoms with Crippen molar-refractivity contribution in [1.82, 2.24) is 0 Å². The van der Waals surface area contributed by atoms with Crippen molar-refractivity contribution in [3.63, 3.8) is 0 Å². The lowest BCUT2D eigenvalue weighted by atomic mass is 10.0. The second-order valence-corrected chi connectivity index (χ2v) is 8.48. The van der Waals surface area contributed by atoms with E-state index in [0.29, 0.717) is 23.5 Å². The van der Waals surface area contributed by atoms with Crippen molar-refractivity contribution >= 4 is 11.0 Å². The van der Waals surface area contributed by atoms with Crippen LogP contribution in [0.3, 0.4) is 0 Å². The molecule has 4 nitrogen and oxygen atoms in total. The maximum absolute atomic E-state index is 12.7. The Morgan fingerprint density at radius 1 is 0.909 bits per heavy atom. The number of allylic oxidation sites excluding steroid dienone is 2. The summed E-state index contributed by atoms with van der Waals surface area (Å²) in [4.78, 5) is 12.7. The van der Waals surface area contributed by atoms with Crippen molar-refractivity contribution in [2.45, 2.75) is 64.7 Å². The maximum Gasteiger partial charge on any atom is 0.344 e. The van der Waals surface area contributed by atoms with E-state index in [1.165, 1.54) is 31.2 Å². The largest absolute Gasteiger partial charge is 0.493 e. The summed E-state index contributed by atoms with van der Waals surface area (Å²) in [5.74, 6) is 0.704. The molecule has 0 unspecified atom stereocenters. The first-order valence-corrected chi connectivity index (χ1v) is 12.3. The van der Waals surface area contributed by atoms with E-state index in [1.807, 2.05) is 30.3 Å². The van der Waals surface area contributed by atoms with Crippen LogP contribution in [0.25, 0.3) is 22.1 Å². The van der Waals surface area contributed by atoms with Gasteiger partial charge in [0.2, 0.25) is 0 Å². The number of benzene rings is 2. The van der Waals surface area contributed by atoms with E-state index >= 15 is 0 Å². The van der Waals surface area contributed by atoms with Crippen LogP contribution in [0.2, 0.25) is 0 Å². The van der Waals surface area contributed by atoms with Crippen molar-refractivity contribution in [3.05, 3.63) is 76.7 Å². The Hall–Kier alpha value is -2.85. The van der Waals surface area contributed by atoms with Gasteiger partial charge in [-0.15, -0.1) is 0 Å². The number of hydrogen-bond acceptors (Lipinski definition) is 4. The van der Waals surface area contributed by atoms with Gasteiger partial charge in [0.15, 0.2) is 0 Å². The molecule has 0 bridgehead atoms. The van der Waals surface area contributed by atoms with Crippen LogP contribution in [0.1, 0.15) is 63.9 Å². The highest BCUT2D eigenvalue weighted by Crippen LogP contribution is 2.25. The lowest BCUT2D eigenvalue weighted by Gasteiger charge is -2.08. The SMILES string of the molecule is CCCCCCc1ccc(-c2cc3ccc(OCCC/C=C/CCCO)cc3oc2=O)cc1. The molecule has 1 N–H and O–H groups in total. The molecule has 0 saturated heterocycles. The number of aryl methyl sites for hydroxylation is 1. The Kier molecular flexibility index (Phi) is 10.2. The summed E-state index contributed by atoms with van der Waals surface area (Å²) in [6, 6.07) is 15.8. The molecule has 33 heavy (non-hydrogen) atoms. The third-order valence-corrected chi connectivity index (χ3v) is 5.77. The van der Waals surface area contributed by atoms with E-state index in [9.17, 15) is 4.79 Å². The van der Waals surface area contributed by atoms with Gasteiger partial charge in [0.05, 0.1) is 12.2 Å². The minimum absolute atomic E-state index is 0.235. The number of unbranched alkanes of at least 4 members (excludes halogenated alkanes) is 5. The molecule has 3 rings (SSSR count). The van der Waals surface area contributed by atoms with Crippen LogP contribution in [0.5, 0.6) is 5.75 Å². The van der Waals surface area contributed by atoms with Crippen LogP contribution in [0, 0.1) is 0 Å². The number of aliphatic hydroxyl groups is 1. The van der Waals surface area contributed by atoms with Crippen LogP contribution in [0.4, 0.5) is 0 Å². The summed E-state index contributed by atoms with van der Waals surface area (Å²) in [7, 11) is 0. The smallest absolute Gasteiger partial charge is 0.344 e. The van der Waals surface area contributed by atoms with Crippen molar-refractivity contribution in [2.24, 2.45) is 0 Å². The fourth-order valence-electron chi connectivity index (χ4n) is 3.83. The highest BCUT2D eigenvalue weighted by atomic mass is 16.5. The van der Waals surface area contributed by atoms with Crippen LogP contribution in [-0.4, -0.2) is 18.3 Å². The van der Waals surface area contributed by atoms with Crippen LogP contribution in [0.15, 0.2) is 69.9 Å². The number of rotatable bonds is 14. The van der Waals surface area contributed by atoms with E-state index in [1.54, 1.807) is 6.07 Å². The van der Waals surface area contributed by atoms with Gasteiger partial charge in [-0.05, 0) is 67.9 Å². The standard InChI is InChI=1S/C29H36O4/c1-2-3-4-9-12-23-13-15-24(16-14-23)27-21-25-17-18-26(22-28(25)33-29(27)31)32-20-11-8-6-5-7-10-19-30/h5-6,13-18,21-22,30H,2-4,7-12,19-20H2,1H3/b6-5+. The molecule has 1 aromatic heterocycles. The molecule has 0 radical (unpaired) electrons. The molecule has 0 fully saturated rings. The summed E-state index contributed by atoms with van der Waals surface area (Å²) in [5.41, 5.74) is 2.99. The molecule has 0 saturated carbocycles. The number of ether oxygens (including phenoxy) is 1. The second-order valence-electron chi connectivity index (χ2n) is 8.48. The lowest BCUT2D eigenvalue weighted by molar-refractivity contribution is 0.289. The van der Waals surface area contributed by atoms with Gasteiger partial charge in [0, 0.05) is 18.1 Å². The van der Waals surface area contributed by atoms with Crippen LogP contribution >= 0.6 is 0 Å². The van der Waals surface area contributed by atoms with Gasteiger partial charge in [-0.2, -0.15) is 0 Å². The van der Waals surface area contributed by atoms with Gasteiger partial charge in [0.1, 0.15) is 11.3 Å². The Morgan fingerprint density at radius 3 is 2.45 bits per heavy atom. The molecular formula is C29H36O4. The van der Waals surface area contributed by atoms with Crippen molar-refractivity contribution < 1.29 is 14.3 Å². The molecule has 176 valence electrons. The zero-order chi connectivity index (χ0) is 23.3. The number of aliphatic hydroxyl groups excluding tert-OH is 1. The van der Waals surface area contributed by atoms with Gasteiger partial charge < -0.3 is 14.3 Å². The first kappa shape index (κ1) is 24.8. The molecule has 0 amide bonds. The molecule has 0 aliphatic heterocycles. The molecular weight excluding hydrogens is 412 g/mol. The van der Waals surface area contributed by atoms with Gasteiger partial charge in [0.25, 0.3) is 0 Å². The molecule has 3 aromatic rings. The van der Waals surface area contributed by atoms with E-state index in [0.717, 1.165) is 43.1 Å². The van der Waals surface area contributed by atoms with Crippen molar-refractivity contribution in [3.8, 4) is 16.9 Å². The fourth-order valence-corrected chi connectivity index (χ4v) is 3.83. The highest BCUT2D eigenvalue weighted by molar-refractivity contribution is 5.82. The van der Waals surface area contributed by atoms with E-state index < -0.39 is 0 Å². The van der Waals surface area contributed by atoms with Gasteiger partial charge in [-0.3, -0.25) is 0 Å². The Labute approximate surface area is 196 Å². The Bertz CT molecular complexity index is 1060. The summed E-state index contributed by atoms with van der Waals surface area (Å²) in [6.45, 7) is 3.06. The van der Waals surface area contributed by atoms with Crippen molar-refractivity contribution in [1.29, 1.82) is 0 Å². The lowest BCUT2D eigenvalue weighted by Crippen LogP contribution is -2.03. The van der Waals surface area contributed by atoms with E-state index in [-0.39, 0.29) is 12.2 Å². The first-order valence-electron chi connectivity index (χ1n) is 12.3. The third kappa shape index (κ3) is 7.90. The minimum atomic E-state index is -0.330. The van der Waals surface area contributed by atoms with E-state index in [4.69, 9.17) is 14.3 Å². The Balaban J connectivity index is 1.59. The quantitative estimate of drug-likeness (QED) is 0.163. The second kappa shape index (κ2) is 13.6. The monoisotopic (exact) mass is 448 g/mol. The highest BCUT2D eigenvalue weighted by Gasteiger charge is 2.09. The first-order chi connectivity index (χ1) is 16.2. The van der Waals surface area contributed by atoms with Crippen LogP contribution < -0.4 is 10.4 Å². The molecule has 0 atom stereocenters. The predicted octanol–water partition coefficient (Wildman–Crippen LogP) is 7.07. The van der Waals surface area contributed by atoms with Gasteiger partial charge in [-0.1, -0.05) is 62.6 Å². The zero-order valence-electron chi connectivity index (χ0n) is 19.7. The molecule has 1 heterocycles. The predicted molar refractivity (Wildman–Crippen MR) is 136 cm³/mol. The minimum Gasteiger partial charge on any atom is -0.493 e. The van der Waals surface area contributed by atoms with Crippen molar-refractivity contribution in [2.75, 3.05) is 13.2 Å². The number of hydrogen-bond donors (Lipinski definition) is 1. The normalized spacial score (nSPS) is 11.5. The van der Waals surface area contributed by atoms with Crippen LogP contribution in [-0.2, 0) is 6.42 Å². The molecule has 4 heteroatoms.